The van der Waals surface area contributed by atoms with E-state index in [9.17, 15) is 26.8 Å². The molecule has 8 nitrogen and oxygen atoms in total. The van der Waals surface area contributed by atoms with Gasteiger partial charge in [-0.15, -0.1) is 0 Å². The van der Waals surface area contributed by atoms with E-state index in [2.05, 4.69) is 10.6 Å². The van der Waals surface area contributed by atoms with Gasteiger partial charge >= 0.3 is 0 Å². The monoisotopic (exact) mass is 467 g/mol. The molecule has 1 saturated heterocycles. The maximum atomic E-state index is 13.5. The Hall–Kier alpha value is -3.05. The van der Waals surface area contributed by atoms with Crippen molar-refractivity contribution in [3.63, 3.8) is 0 Å². The van der Waals surface area contributed by atoms with Gasteiger partial charge in [0.2, 0.25) is 21.8 Å². The van der Waals surface area contributed by atoms with Crippen LogP contribution < -0.4 is 15.4 Å². The van der Waals surface area contributed by atoms with Crippen LogP contribution in [-0.4, -0.2) is 44.7 Å². The molecule has 0 aliphatic carbocycles. The van der Waals surface area contributed by atoms with Gasteiger partial charge in [0, 0.05) is 32.0 Å². The van der Waals surface area contributed by atoms with Crippen LogP contribution >= 0.6 is 0 Å². The van der Waals surface area contributed by atoms with E-state index in [0.29, 0.717) is 23.2 Å². The number of piperidine rings is 1. The van der Waals surface area contributed by atoms with Gasteiger partial charge in [0.25, 0.3) is 0 Å². The van der Waals surface area contributed by atoms with Gasteiger partial charge in [0.05, 0.1) is 23.4 Å². The first kappa shape index (κ1) is 23.6. The molecule has 0 radical (unpaired) electrons. The van der Waals surface area contributed by atoms with Crippen molar-refractivity contribution >= 4 is 33.2 Å². The fourth-order valence-corrected chi connectivity index (χ4v) is 4.91. The highest BCUT2D eigenvalue weighted by atomic mass is 32.2. The van der Waals surface area contributed by atoms with E-state index in [1.807, 2.05) is 0 Å². The molecule has 2 aromatic rings. The van der Waals surface area contributed by atoms with Gasteiger partial charge in [-0.3, -0.25) is 9.59 Å². The van der Waals surface area contributed by atoms with Crippen molar-refractivity contribution in [3.8, 4) is 5.75 Å². The second-order valence-corrected chi connectivity index (χ2v) is 9.27. The normalized spacial score (nSPS) is 15.2. The first-order valence-corrected chi connectivity index (χ1v) is 11.3. The lowest BCUT2D eigenvalue weighted by Crippen LogP contribution is -2.41. The summed E-state index contributed by atoms with van der Waals surface area (Å²) in [6.45, 7) is 1.45. The van der Waals surface area contributed by atoms with Crippen LogP contribution in [0, 0.1) is 17.6 Å². The molecule has 0 atom stereocenters. The fraction of sp³-hybridized carbons (Fsp3) is 0.333. The maximum Gasteiger partial charge on any atom is 0.243 e. The number of nitrogens with zero attached hydrogens (tertiary/aromatic N) is 1. The number of methoxy groups -OCH3 is 1. The number of hydrogen-bond donors (Lipinski definition) is 2. The zero-order valence-corrected chi connectivity index (χ0v) is 18.3. The van der Waals surface area contributed by atoms with Crippen LogP contribution in [0.15, 0.2) is 41.3 Å². The Morgan fingerprint density at radius 2 is 1.69 bits per heavy atom. The Balaban J connectivity index is 1.68. The molecular formula is C21H23F2N3O5S. The molecule has 0 aromatic heterocycles. The van der Waals surface area contributed by atoms with Gasteiger partial charge in [-0.1, -0.05) is 0 Å². The highest BCUT2D eigenvalue weighted by Gasteiger charge is 2.32. The molecule has 1 aliphatic heterocycles. The quantitative estimate of drug-likeness (QED) is 0.680. The largest absolute Gasteiger partial charge is 0.497 e. The lowest BCUT2D eigenvalue weighted by molar-refractivity contribution is -0.121. The number of carbonyl (C=O) groups excluding carboxylic acids is 2. The summed E-state index contributed by atoms with van der Waals surface area (Å²) in [5.41, 5.74) is 0.770. The van der Waals surface area contributed by atoms with Crippen LogP contribution in [0.3, 0.4) is 0 Å². The van der Waals surface area contributed by atoms with E-state index in [1.54, 1.807) is 18.2 Å². The van der Waals surface area contributed by atoms with E-state index in [1.165, 1.54) is 14.0 Å². The van der Waals surface area contributed by atoms with Crippen molar-refractivity contribution in [2.45, 2.75) is 24.7 Å². The van der Waals surface area contributed by atoms with Gasteiger partial charge in [-0.25, -0.2) is 17.2 Å². The van der Waals surface area contributed by atoms with Crippen molar-refractivity contribution in [1.82, 2.24) is 4.31 Å². The molecule has 1 fully saturated rings. The number of halogens is 2. The Bertz CT molecular complexity index is 1130. The predicted octanol–water partition coefficient (Wildman–Crippen LogP) is 2.97. The molecule has 32 heavy (non-hydrogen) atoms. The molecule has 0 unspecified atom stereocenters. The zero-order valence-electron chi connectivity index (χ0n) is 17.5. The smallest absolute Gasteiger partial charge is 0.243 e. The Labute approximate surface area is 184 Å². The zero-order chi connectivity index (χ0) is 23.5. The summed E-state index contributed by atoms with van der Waals surface area (Å²) in [5.74, 6) is -2.98. The van der Waals surface area contributed by atoms with Gasteiger partial charge in [0.15, 0.2) is 11.6 Å². The molecule has 11 heteroatoms. The molecule has 2 aromatic carbocycles. The molecule has 2 amide bonds. The summed E-state index contributed by atoms with van der Waals surface area (Å²) in [6.07, 6.45) is 0.488. The first-order chi connectivity index (χ1) is 15.1. The Kier molecular flexibility index (Phi) is 7.09. The van der Waals surface area contributed by atoms with Crippen molar-refractivity contribution in [3.05, 3.63) is 48.0 Å². The molecular weight excluding hydrogens is 444 g/mol. The van der Waals surface area contributed by atoms with Crippen LogP contribution in [0.5, 0.6) is 5.75 Å². The van der Waals surface area contributed by atoms with E-state index < -0.39 is 27.6 Å². The highest BCUT2D eigenvalue weighted by Crippen LogP contribution is 2.30. The average Bonchev–Trinajstić information content (AvgIpc) is 2.76. The summed E-state index contributed by atoms with van der Waals surface area (Å²) in [6, 6.07) is 7.25. The summed E-state index contributed by atoms with van der Waals surface area (Å²) >= 11 is 0. The number of benzene rings is 2. The third-order valence-electron chi connectivity index (χ3n) is 5.15. The molecule has 0 spiro atoms. The minimum Gasteiger partial charge on any atom is -0.497 e. The number of rotatable bonds is 6. The van der Waals surface area contributed by atoms with E-state index >= 15 is 0 Å². The van der Waals surface area contributed by atoms with Crippen LogP contribution in [0.2, 0.25) is 0 Å². The van der Waals surface area contributed by atoms with Gasteiger partial charge < -0.3 is 15.4 Å². The number of anilines is 2. The summed E-state index contributed by atoms with van der Waals surface area (Å²) < 4.78 is 58.4. The molecule has 0 saturated carbocycles. The van der Waals surface area contributed by atoms with Crippen LogP contribution in [-0.2, 0) is 19.6 Å². The molecule has 1 aliphatic rings. The van der Waals surface area contributed by atoms with Gasteiger partial charge in [-0.2, -0.15) is 4.31 Å². The van der Waals surface area contributed by atoms with Crippen molar-refractivity contribution < 1.29 is 31.5 Å². The molecule has 3 rings (SSSR count). The molecule has 1 heterocycles. The van der Waals surface area contributed by atoms with E-state index in [0.717, 1.165) is 16.4 Å². The summed E-state index contributed by atoms with van der Waals surface area (Å²) in [7, 11) is -2.53. The SMILES string of the molecule is COc1ccc(NC(C)=O)c(NC(=O)C2CCN(S(=O)(=O)c3ccc(F)c(F)c3)CC2)c1. The number of carbonyl (C=O) groups is 2. The number of nitrogens with one attached hydrogen (secondary N) is 2. The molecule has 2 N–H and O–H groups in total. The topological polar surface area (TPSA) is 105 Å². The van der Waals surface area contributed by atoms with E-state index in [-0.39, 0.29) is 42.6 Å². The van der Waals surface area contributed by atoms with E-state index in [4.69, 9.17) is 4.74 Å². The lowest BCUT2D eigenvalue weighted by Gasteiger charge is -2.30. The number of amides is 2. The third-order valence-corrected chi connectivity index (χ3v) is 7.04. The molecule has 172 valence electrons. The highest BCUT2D eigenvalue weighted by molar-refractivity contribution is 7.89. The summed E-state index contributed by atoms with van der Waals surface area (Å²) in [4.78, 5) is 23.9. The second kappa shape index (κ2) is 9.61. The third kappa shape index (κ3) is 5.22. The molecule has 0 bridgehead atoms. The second-order valence-electron chi connectivity index (χ2n) is 7.34. The van der Waals surface area contributed by atoms with Crippen molar-refractivity contribution in [1.29, 1.82) is 0 Å². The first-order valence-electron chi connectivity index (χ1n) is 9.83. The fourth-order valence-electron chi connectivity index (χ4n) is 3.43. The lowest BCUT2D eigenvalue weighted by atomic mass is 9.97. The summed E-state index contributed by atoms with van der Waals surface area (Å²) in [5, 5.41) is 5.40. The number of hydrogen-bond acceptors (Lipinski definition) is 5. The van der Waals surface area contributed by atoms with Gasteiger partial charge in [0.1, 0.15) is 5.75 Å². The van der Waals surface area contributed by atoms with Crippen LogP contribution in [0.25, 0.3) is 0 Å². The number of ether oxygens (including phenoxy) is 1. The van der Waals surface area contributed by atoms with Crippen molar-refractivity contribution in [2.75, 3.05) is 30.8 Å². The van der Waals surface area contributed by atoms with Gasteiger partial charge in [-0.05, 0) is 43.2 Å². The minimum atomic E-state index is -4.01. The van der Waals surface area contributed by atoms with Crippen LogP contribution in [0.1, 0.15) is 19.8 Å². The average molecular weight is 467 g/mol. The standard InChI is InChI=1S/C21H23F2N3O5S/c1-13(27)24-19-6-3-15(31-2)11-20(19)25-21(28)14-7-9-26(10-8-14)32(29,30)16-4-5-17(22)18(23)12-16/h3-6,11-12,14H,7-10H2,1-2H3,(H,24,27)(H,25,28). The Morgan fingerprint density at radius 1 is 1.00 bits per heavy atom. The van der Waals surface area contributed by atoms with Crippen molar-refractivity contribution in [2.24, 2.45) is 5.92 Å². The maximum absolute atomic E-state index is 13.5. The Morgan fingerprint density at radius 3 is 2.28 bits per heavy atom. The predicted molar refractivity (Wildman–Crippen MR) is 114 cm³/mol. The van der Waals surface area contributed by atoms with Crippen LogP contribution in [0.4, 0.5) is 20.2 Å². The number of sulfonamides is 1. The minimum absolute atomic E-state index is 0.0517.